The fraction of sp³-hybridized carbons (Fsp3) is 0. The first-order valence-electron chi connectivity index (χ1n) is 5.18. The van der Waals surface area contributed by atoms with Gasteiger partial charge >= 0.3 is 0 Å². The summed E-state index contributed by atoms with van der Waals surface area (Å²) in [6.45, 7) is 0. The van der Waals surface area contributed by atoms with Crippen molar-refractivity contribution < 1.29 is 14.0 Å². The Morgan fingerprint density at radius 3 is 2.61 bits per heavy atom. The lowest BCUT2D eigenvalue weighted by atomic mass is 10.1. The molecule has 5 heteroatoms. The van der Waals surface area contributed by atoms with Gasteiger partial charge in [-0.3, -0.25) is 9.59 Å². The molecule has 1 aliphatic carbocycles. The van der Waals surface area contributed by atoms with Crippen LogP contribution in [-0.2, 0) is 0 Å². The number of benzene rings is 1. The van der Waals surface area contributed by atoms with Gasteiger partial charge in [0.05, 0.1) is 0 Å². The Bertz CT molecular complexity index is 665. The van der Waals surface area contributed by atoms with Gasteiger partial charge in [-0.2, -0.15) is 0 Å². The predicted molar refractivity (Wildman–Crippen MR) is 64.8 cm³/mol. The normalized spacial score (nSPS) is 13.8. The zero-order chi connectivity index (χ0) is 12.7. The Balaban J connectivity index is 2.14. The summed E-state index contributed by atoms with van der Waals surface area (Å²) in [7, 11) is 0. The van der Waals surface area contributed by atoms with Gasteiger partial charge in [0.25, 0.3) is 0 Å². The van der Waals surface area contributed by atoms with Crippen molar-refractivity contribution in [3.63, 3.8) is 0 Å². The van der Waals surface area contributed by atoms with E-state index in [0.717, 1.165) is 0 Å². The first-order valence-corrected chi connectivity index (χ1v) is 5.56. The van der Waals surface area contributed by atoms with E-state index in [9.17, 15) is 9.59 Å². The Kier molecular flexibility index (Phi) is 2.38. The summed E-state index contributed by atoms with van der Waals surface area (Å²) in [5.41, 5.74) is 0.676. The van der Waals surface area contributed by atoms with Gasteiger partial charge in [-0.15, -0.1) is 0 Å². The van der Waals surface area contributed by atoms with Crippen molar-refractivity contribution in [2.75, 3.05) is 0 Å². The number of rotatable bonds is 1. The molecule has 1 aliphatic rings. The van der Waals surface area contributed by atoms with Crippen LogP contribution in [0.15, 0.2) is 40.8 Å². The molecular weight excluding hydrogens is 254 g/mol. The first kappa shape index (κ1) is 10.9. The van der Waals surface area contributed by atoms with E-state index in [-0.39, 0.29) is 28.9 Å². The molecule has 0 saturated heterocycles. The molecule has 0 aliphatic heterocycles. The minimum Gasteiger partial charge on any atom is -0.432 e. The Hall–Kier alpha value is -2.20. The smallest absolute Gasteiger partial charge is 0.227 e. The summed E-state index contributed by atoms with van der Waals surface area (Å²) in [4.78, 5) is 27.1. The molecule has 1 heterocycles. The summed E-state index contributed by atoms with van der Waals surface area (Å²) >= 11 is 5.86. The van der Waals surface area contributed by atoms with Crippen LogP contribution in [0.2, 0.25) is 5.02 Å². The average molecular weight is 260 g/mol. The van der Waals surface area contributed by atoms with Crippen LogP contribution in [0.4, 0.5) is 0 Å². The molecule has 1 aromatic carbocycles. The minimum atomic E-state index is -0.356. The van der Waals surface area contributed by atoms with Crippen molar-refractivity contribution in [3.05, 3.63) is 52.9 Å². The van der Waals surface area contributed by atoms with Gasteiger partial charge in [0.1, 0.15) is 0 Å². The van der Waals surface area contributed by atoms with Crippen LogP contribution in [0.5, 0.6) is 0 Å². The summed E-state index contributed by atoms with van der Waals surface area (Å²) in [5.74, 6) is -0.489. The largest absolute Gasteiger partial charge is 0.432 e. The lowest BCUT2D eigenvalue weighted by Gasteiger charge is -1.97. The van der Waals surface area contributed by atoms with Crippen LogP contribution in [0.3, 0.4) is 0 Å². The fourth-order valence-electron chi connectivity index (χ4n) is 1.71. The van der Waals surface area contributed by atoms with Gasteiger partial charge in [0.2, 0.25) is 23.2 Å². The molecule has 0 spiro atoms. The number of halogens is 1. The van der Waals surface area contributed by atoms with E-state index in [2.05, 4.69) is 4.98 Å². The zero-order valence-corrected chi connectivity index (χ0v) is 9.77. The lowest BCUT2D eigenvalue weighted by Crippen LogP contribution is -2.09. The quantitative estimate of drug-likeness (QED) is 0.790. The van der Waals surface area contributed by atoms with Crippen LogP contribution in [0.25, 0.3) is 11.5 Å². The van der Waals surface area contributed by atoms with E-state index in [1.165, 1.54) is 12.2 Å². The van der Waals surface area contributed by atoms with Gasteiger partial charge in [-0.25, -0.2) is 4.98 Å². The standard InChI is InChI=1S/C13H6ClNO3/c14-8-3-1-2-7(6-8)13-15-11-9(16)4-5-10(17)12(11)18-13/h1-6H. The molecular formula is C13H6ClNO3. The van der Waals surface area contributed by atoms with Gasteiger partial charge in [-0.05, 0) is 30.4 Å². The highest BCUT2D eigenvalue weighted by molar-refractivity contribution is 6.30. The number of hydrogen-bond donors (Lipinski definition) is 0. The maximum atomic E-state index is 11.6. The van der Waals surface area contributed by atoms with E-state index in [1.807, 2.05) is 0 Å². The van der Waals surface area contributed by atoms with E-state index in [4.69, 9.17) is 16.0 Å². The second kappa shape index (κ2) is 3.92. The highest BCUT2D eigenvalue weighted by Crippen LogP contribution is 2.26. The van der Waals surface area contributed by atoms with Crippen LogP contribution >= 0.6 is 11.6 Å². The Labute approximate surface area is 107 Å². The van der Waals surface area contributed by atoms with Gasteiger partial charge in [-0.1, -0.05) is 17.7 Å². The van der Waals surface area contributed by atoms with Crippen molar-refractivity contribution in [1.29, 1.82) is 0 Å². The number of nitrogens with zero attached hydrogens (tertiary/aromatic N) is 1. The van der Waals surface area contributed by atoms with Crippen molar-refractivity contribution >= 4 is 23.2 Å². The lowest BCUT2D eigenvalue weighted by molar-refractivity contribution is 0.0974. The zero-order valence-electron chi connectivity index (χ0n) is 9.01. The number of aromatic nitrogens is 1. The monoisotopic (exact) mass is 259 g/mol. The molecule has 4 nitrogen and oxygen atoms in total. The topological polar surface area (TPSA) is 60.2 Å². The Morgan fingerprint density at radius 1 is 1.11 bits per heavy atom. The first-order chi connectivity index (χ1) is 8.65. The third-order valence-corrected chi connectivity index (χ3v) is 2.78. The number of carbonyl (C=O) groups is 2. The van der Waals surface area contributed by atoms with Crippen molar-refractivity contribution in [1.82, 2.24) is 4.98 Å². The van der Waals surface area contributed by atoms with Crippen LogP contribution in [0, 0.1) is 0 Å². The molecule has 3 rings (SSSR count). The second-order valence-electron chi connectivity index (χ2n) is 3.77. The van der Waals surface area contributed by atoms with Gasteiger partial charge < -0.3 is 4.42 Å². The highest BCUT2D eigenvalue weighted by atomic mass is 35.5. The molecule has 1 aromatic heterocycles. The fourth-order valence-corrected chi connectivity index (χ4v) is 1.90. The molecule has 18 heavy (non-hydrogen) atoms. The van der Waals surface area contributed by atoms with Crippen molar-refractivity contribution in [2.24, 2.45) is 0 Å². The van der Waals surface area contributed by atoms with E-state index < -0.39 is 0 Å². The highest BCUT2D eigenvalue weighted by Gasteiger charge is 2.26. The molecule has 2 aromatic rings. The van der Waals surface area contributed by atoms with E-state index >= 15 is 0 Å². The third-order valence-electron chi connectivity index (χ3n) is 2.54. The predicted octanol–water partition coefficient (Wildman–Crippen LogP) is 2.93. The minimum absolute atomic E-state index is 0.0162. The molecule has 0 atom stereocenters. The Morgan fingerprint density at radius 2 is 1.89 bits per heavy atom. The summed E-state index contributed by atoms with van der Waals surface area (Å²) in [6, 6.07) is 6.85. The molecule has 0 fully saturated rings. The van der Waals surface area contributed by atoms with E-state index in [0.29, 0.717) is 10.6 Å². The molecule has 0 saturated carbocycles. The summed E-state index contributed by atoms with van der Waals surface area (Å²) < 4.78 is 5.34. The number of fused-ring (bicyclic) bond motifs is 1. The molecule has 0 radical (unpaired) electrons. The molecule has 0 bridgehead atoms. The van der Waals surface area contributed by atoms with Crippen molar-refractivity contribution in [3.8, 4) is 11.5 Å². The third kappa shape index (κ3) is 1.67. The van der Waals surface area contributed by atoms with Gasteiger partial charge in [0, 0.05) is 10.6 Å². The maximum Gasteiger partial charge on any atom is 0.227 e. The molecule has 0 N–H and O–H groups in total. The number of allylic oxidation sites excluding steroid dienone is 2. The summed E-state index contributed by atoms with van der Waals surface area (Å²) in [6.07, 6.45) is 2.37. The molecule has 0 amide bonds. The van der Waals surface area contributed by atoms with Crippen molar-refractivity contribution in [2.45, 2.75) is 0 Å². The van der Waals surface area contributed by atoms with E-state index in [1.54, 1.807) is 24.3 Å². The van der Waals surface area contributed by atoms with Crippen LogP contribution in [0.1, 0.15) is 21.0 Å². The van der Waals surface area contributed by atoms with Crippen LogP contribution in [-0.4, -0.2) is 16.6 Å². The summed E-state index contributed by atoms with van der Waals surface area (Å²) in [5, 5.41) is 0.527. The maximum absolute atomic E-state index is 11.6. The number of carbonyl (C=O) groups excluding carboxylic acids is 2. The SMILES string of the molecule is O=C1C=CC(=O)c2oc(-c3cccc(Cl)c3)nc21. The number of oxazole rings is 1. The van der Waals surface area contributed by atoms with Gasteiger partial charge in [0.15, 0.2) is 5.69 Å². The number of hydrogen-bond acceptors (Lipinski definition) is 4. The molecule has 0 unspecified atom stereocenters. The van der Waals surface area contributed by atoms with Crippen LogP contribution < -0.4 is 0 Å². The number of ketones is 2. The average Bonchev–Trinajstić information content (AvgIpc) is 2.80. The molecule has 88 valence electrons. The second-order valence-corrected chi connectivity index (χ2v) is 4.21.